The van der Waals surface area contributed by atoms with Crippen molar-refractivity contribution in [2.75, 3.05) is 0 Å². The molecular weight excluding hydrogens is 176 g/mol. The van der Waals surface area contributed by atoms with E-state index < -0.39 is 0 Å². The Balaban J connectivity index is 1.81. The zero-order valence-corrected chi connectivity index (χ0v) is 8.67. The van der Waals surface area contributed by atoms with E-state index in [1.54, 1.807) is 0 Å². The molecule has 0 heterocycles. The Labute approximate surface area is 85.4 Å². The quantitative estimate of drug-likeness (QED) is 0.696. The molecule has 0 aromatic rings. The fraction of sp³-hybridized carbons (Fsp3) is 0.909. The van der Waals surface area contributed by atoms with Crippen LogP contribution in [-0.4, -0.2) is 18.0 Å². The van der Waals surface area contributed by atoms with Crippen LogP contribution in [-0.2, 0) is 4.79 Å². The first-order chi connectivity index (χ1) is 6.77. The lowest BCUT2D eigenvalue weighted by Crippen LogP contribution is -2.45. The van der Waals surface area contributed by atoms with Crippen molar-refractivity contribution < 1.29 is 4.79 Å². The molecule has 14 heavy (non-hydrogen) atoms. The summed E-state index contributed by atoms with van der Waals surface area (Å²) in [6, 6.07) is 0.448. The van der Waals surface area contributed by atoms with Gasteiger partial charge in [0.2, 0.25) is 5.91 Å². The number of carbonyl (C=O) groups is 1. The van der Waals surface area contributed by atoms with Crippen LogP contribution in [0.5, 0.6) is 0 Å². The Morgan fingerprint density at radius 2 is 1.79 bits per heavy atom. The summed E-state index contributed by atoms with van der Waals surface area (Å²) in [5.41, 5.74) is 5.91. The Hall–Kier alpha value is -0.570. The fourth-order valence-corrected chi connectivity index (χ4v) is 2.66. The highest BCUT2D eigenvalue weighted by Gasteiger charge is 2.29. The van der Waals surface area contributed by atoms with E-state index in [0.717, 1.165) is 32.1 Å². The molecule has 0 aromatic heterocycles. The largest absolute Gasteiger partial charge is 0.352 e. The summed E-state index contributed by atoms with van der Waals surface area (Å²) < 4.78 is 0. The number of rotatable bonds is 2. The van der Waals surface area contributed by atoms with Crippen LogP contribution in [0.4, 0.5) is 0 Å². The molecule has 2 unspecified atom stereocenters. The monoisotopic (exact) mass is 196 g/mol. The van der Waals surface area contributed by atoms with Crippen molar-refractivity contribution in [1.82, 2.24) is 5.32 Å². The van der Waals surface area contributed by atoms with E-state index in [9.17, 15) is 4.79 Å². The van der Waals surface area contributed by atoms with Gasteiger partial charge in [0.15, 0.2) is 0 Å². The average Bonchev–Trinajstić information content (AvgIpc) is 2.77. The zero-order valence-electron chi connectivity index (χ0n) is 8.67. The smallest absolute Gasteiger partial charge is 0.223 e. The summed E-state index contributed by atoms with van der Waals surface area (Å²) in [6.07, 6.45) is 7.89. The Morgan fingerprint density at radius 3 is 2.36 bits per heavy atom. The molecule has 0 aliphatic heterocycles. The second kappa shape index (κ2) is 4.30. The van der Waals surface area contributed by atoms with E-state index in [2.05, 4.69) is 5.32 Å². The average molecular weight is 196 g/mol. The predicted octanol–water partition coefficient (Wildman–Crippen LogP) is 1.17. The van der Waals surface area contributed by atoms with Crippen molar-refractivity contribution in [2.24, 2.45) is 11.7 Å². The number of hydrogen-bond acceptors (Lipinski definition) is 2. The van der Waals surface area contributed by atoms with E-state index >= 15 is 0 Å². The lowest BCUT2D eigenvalue weighted by Gasteiger charge is -2.19. The number of hydrogen-bond donors (Lipinski definition) is 2. The molecule has 0 aromatic carbocycles. The third-order valence-electron chi connectivity index (χ3n) is 3.62. The van der Waals surface area contributed by atoms with Gasteiger partial charge in [0.1, 0.15) is 0 Å². The summed E-state index contributed by atoms with van der Waals surface area (Å²) in [6.45, 7) is 0. The first-order valence-corrected chi connectivity index (χ1v) is 5.83. The predicted molar refractivity (Wildman–Crippen MR) is 55.7 cm³/mol. The van der Waals surface area contributed by atoms with Crippen LogP contribution in [0.3, 0.4) is 0 Å². The minimum atomic E-state index is 0.195. The normalized spacial score (nSPS) is 33.5. The van der Waals surface area contributed by atoms with Gasteiger partial charge in [0.25, 0.3) is 0 Å². The number of carbonyl (C=O) groups excluding carboxylic acids is 1. The standard InChI is InChI=1S/C11H20N2O/c12-9-6-3-7-10(9)13-11(14)8-4-1-2-5-8/h8-10H,1-7,12H2,(H,13,14). The third kappa shape index (κ3) is 2.08. The molecule has 3 N–H and O–H groups in total. The van der Waals surface area contributed by atoms with Crippen LogP contribution in [0.15, 0.2) is 0 Å². The van der Waals surface area contributed by atoms with Crippen LogP contribution in [0.25, 0.3) is 0 Å². The van der Waals surface area contributed by atoms with Gasteiger partial charge in [-0.1, -0.05) is 12.8 Å². The maximum absolute atomic E-state index is 11.8. The van der Waals surface area contributed by atoms with Crippen molar-refractivity contribution in [1.29, 1.82) is 0 Å². The third-order valence-corrected chi connectivity index (χ3v) is 3.62. The van der Waals surface area contributed by atoms with Crippen LogP contribution in [0.1, 0.15) is 44.9 Å². The molecule has 3 heteroatoms. The van der Waals surface area contributed by atoms with Crippen molar-refractivity contribution in [3.8, 4) is 0 Å². The second-order valence-electron chi connectivity index (χ2n) is 4.69. The summed E-state index contributed by atoms with van der Waals surface area (Å²) in [5.74, 6) is 0.535. The van der Waals surface area contributed by atoms with Gasteiger partial charge in [-0.25, -0.2) is 0 Å². The summed E-state index contributed by atoms with van der Waals surface area (Å²) in [7, 11) is 0. The molecule has 0 bridgehead atoms. The minimum Gasteiger partial charge on any atom is -0.352 e. The second-order valence-corrected chi connectivity index (χ2v) is 4.69. The van der Waals surface area contributed by atoms with Gasteiger partial charge < -0.3 is 11.1 Å². The molecule has 2 aliphatic carbocycles. The van der Waals surface area contributed by atoms with Crippen molar-refractivity contribution in [3.63, 3.8) is 0 Å². The fourth-order valence-electron chi connectivity index (χ4n) is 2.66. The lowest BCUT2D eigenvalue weighted by molar-refractivity contribution is -0.125. The number of amides is 1. The van der Waals surface area contributed by atoms with E-state index in [0.29, 0.717) is 0 Å². The number of nitrogens with one attached hydrogen (secondary N) is 1. The molecular formula is C11H20N2O. The first kappa shape index (κ1) is 9.97. The van der Waals surface area contributed by atoms with Crippen LogP contribution in [0, 0.1) is 5.92 Å². The van der Waals surface area contributed by atoms with E-state index in [1.807, 2.05) is 0 Å². The molecule has 2 atom stereocenters. The van der Waals surface area contributed by atoms with E-state index in [-0.39, 0.29) is 23.9 Å². The van der Waals surface area contributed by atoms with Gasteiger partial charge in [-0.2, -0.15) is 0 Å². The summed E-state index contributed by atoms with van der Waals surface area (Å²) >= 11 is 0. The van der Waals surface area contributed by atoms with Gasteiger partial charge in [-0.3, -0.25) is 4.79 Å². The molecule has 2 rings (SSSR count). The van der Waals surface area contributed by atoms with Crippen LogP contribution in [0.2, 0.25) is 0 Å². The molecule has 1 amide bonds. The molecule has 0 spiro atoms. The molecule has 0 radical (unpaired) electrons. The van der Waals surface area contributed by atoms with Gasteiger partial charge in [0, 0.05) is 18.0 Å². The lowest BCUT2D eigenvalue weighted by atomic mass is 10.1. The highest BCUT2D eigenvalue weighted by atomic mass is 16.1. The Morgan fingerprint density at radius 1 is 1.07 bits per heavy atom. The molecule has 2 saturated carbocycles. The molecule has 80 valence electrons. The van der Waals surface area contributed by atoms with Gasteiger partial charge in [0.05, 0.1) is 0 Å². The molecule has 2 aliphatic rings. The highest BCUT2D eigenvalue weighted by Crippen LogP contribution is 2.26. The molecule has 3 nitrogen and oxygen atoms in total. The minimum absolute atomic E-state index is 0.195. The van der Waals surface area contributed by atoms with Crippen molar-refractivity contribution in [2.45, 2.75) is 57.0 Å². The van der Waals surface area contributed by atoms with Crippen LogP contribution < -0.4 is 11.1 Å². The van der Waals surface area contributed by atoms with Gasteiger partial charge in [-0.05, 0) is 32.1 Å². The first-order valence-electron chi connectivity index (χ1n) is 5.83. The zero-order chi connectivity index (χ0) is 9.97. The summed E-state index contributed by atoms with van der Waals surface area (Å²) in [4.78, 5) is 11.8. The van der Waals surface area contributed by atoms with Gasteiger partial charge in [-0.15, -0.1) is 0 Å². The SMILES string of the molecule is NC1CCCC1NC(=O)C1CCCC1. The molecule has 2 fully saturated rings. The Bertz CT molecular complexity index is 211. The number of nitrogens with two attached hydrogens (primary N) is 1. The maximum Gasteiger partial charge on any atom is 0.223 e. The van der Waals surface area contributed by atoms with Crippen LogP contribution >= 0.6 is 0 Å². The highest BCUT2D eigenvalue weighted by molar-refractivity contribution is 5.79. The maximum atomic E-state index is 11.8. The molecule has 0 saturated heterocycles. The van der Waals surface area contributed by atoms with Crippen molar-refractivity contribution in [3.05, 3.63) is 0 Å². The van der Waals surface area contributed by atoms with Gasteiger partial charge >= 0.3 is 0 Å². The van der Waals surface area contributed by atoms with E-state index in [1.165, 1.54) is 12.8 Å². The van der Waals surface area contributed by atoms with E-state index in [4.69, 9.17) is 5.73 Å². The summed E-state index contributed by atoms with van der Waals surface area (Å²) in [5, 5.41) is 3.11. The Kier molecular flexibility index (Phi) is 3.06. The van der Waals surface area contributed by atoms with Crippen molar-refractivity contribution >= 4 is 5.91 Å². The topological polar surface area (TPSA) is 55.1 Å².